The van der Waals surface area contributed by atoms with E-state index in [0.29, 0.717) is 11.3 Å². The molecule has 1 unspecified atom stereocenters. The van der Waals surface area contributed by atoms with Crippen molar-refractivity contribution in [3.63, 3.8) is 0 Å². The molecule has 0 spiro atoms. The summed E-state index contributed by atoms with van der Waals surface area (Å²) < 4.78 is 19.6. The topological polar surface area (TPSA) is 101 Å². The van der Waals surface area contributed by atoms with Crippen LogP contribution in [0.3, 0.4) is 0 Å². The number of benzene rings is 1. The van der Waals surface area contributed by atoms with Crippen LogP contribution in [0.2, 0.25) is 0 Å². The summed E-state index contributed by atoms with van der Waals surface area (Å²) in [6, 6.07) is 3.13. The molecule has 1 aliphatic rings. The number of aromatic hydroxyl groups is 1. The first-order valence-corrected chi connectivity index (χ1v) is 9.52. The highest BCUT2D eigenvalue weighted by molar-refractivity contribution is 6.64. The van der Waals surface area contributed by atoms with E-state index in [4.69, 9.17) is 4.74 Å². The number of rotatable bonds is 1. The summed E-state index contributed by atoms with van der Waals surface area (Å²) in [6.07, 6.45) is -3.18. The minimum Gasteiger partial charge on any atom is -0.507 e. The van der Waals surface area contributed by atoms with Crippen LogP contribution in [0.25, 0.3) is 0 Å². The molecule has 3 atom stereocenters. The summed E-state index contributed by atoms with van der Waals surface area (Å²) in [5, 5.41) is 10.4. The van der Waals surface area contributed by atoms with Crippen LogP contribution in [0.15, 0.2) is 12.1 Å². The zero-order valence-electron chi connectivity index (χ0n) is 17.0. The Morgan fingerprint density at radius 2 is 1.76 bits per heavy atom. The Balaban J connectivity index is 2.45. The minimum atomic E-state index is -2.13. The fourth-order valence-corrected chi connectivity index (χ4v) is 3.16. The summed E-state index contributed by atoms with van der Waals surface area (Å²) in [4.78, 5) is 50.3. The summed E-state index contributed by atoms with van der Waals surface area (Å²) in [5.74, 6) is -5.25. The van der Waals surface area contributed by atoms with Gasteiger partial charge in [0.25, 0.3) is 5.78 Å². The van der Waals surface area contributed by atoms with Crippen molar-refractivity contribution in [2.45, 2.75) is 51.8 Å². The molecule has 0 bridgehead atoms. The predicted molar refractivity (Wildman–Crippen MR) is 104 cm³/mol. The van der Waals surface area contributed by atoms with E-state index in [2.05, 4.69) is 0 Å². The molecule has 1 aromatic carbocycles. The van der Waals surface area contributed by atoms with Gasteiger partial charge in [-0.05, 0) is 43.7 Å². The number of halogens is 1. The molecule has 0 saturated carbocycles. The number of Topliss-reactive ketones (excluding diaryl/α,β-unsaturated/α-hetero) is 3. The third-order valence-corrected chi connectivity index (χ3v) is 5.19. The number of carbonyl (C=O) groups is 4. The maximum Gasteiger partial charge on any atom is 0.342 e. The summed E-state index contributed by atoms with van der Waals surface area (Å²) >= 11 is 0. The van der Waals surface area contributed by atoms with E-state index in [9.17, 15) is 28.7 Å². The molecule has 0 amide bonds. The number of ketones is 3. The van der Waals surface area contributed by atoms with Crippen molar-refractivity contribution >= 4 is 29.0 Å². The molecule has 1 N–H and O–H groups in total. The number of carbonyl (C=O) groups excluding carboxylic acids is 4. The number of ether oxygens (including phenoxy) is 1. The standard InChI is InChI=1S/C21H26FNO6/c1-11-8-15(22)19(26)20(27)16(24)7-5-6-13-9-14(23(3)4)10-17(25)18(13)21(28)29-12(11)2/h9-12,15,25H,5-8H2,1-4H3/t11-,12-,15?/m0/s1. The first-order valence-electron chi connectivity index (χ1n) is 9.52. The lowest BCUT2D eigenvalue weighted by Gasteiger charge is -2.23. The molecule has 2 rings (SSSR count). The third kappa shape index (κ3) is 5.19. The lowest BCUT2D eigenvalue weighted by molar-refractivity contribution is -0.146. The van der Waals surface area contributed by atoms with Crippen molar-refractivity contribution in [1.82, 2.24) is 0 Å². The van der Waals surface area contributed by atoms with Crippen molar-refractivity contribution in [3.8, 4) is 5.75 Å². The monoisotopic (exact) mass is 407 g/mol. The molecule has 0 saturated heterocycles. The van der Waals surface area contributed by atoms with E-state index >= 15 is 0 Å². The number of hydrogen-bond donors (Lipinski definition) is 1. The van der Waals surface area contributed by atoms with Gasteiger partial charge in [-0.2, -0.15) is 0 Å². The second kappa shape index (κ2) is 9.15. The first-order chi connectivity index (χ1) is 13.5. The van der Waals surface area contributed by atoms with Crippen LogP contribution >= 0.6 is 0 Å². The van der Waals surface area contributed by atoms with Gasteiger partial charge < -0.3 is 14.7 Å². The molecular formula is C21H26FNO6. The number of aryl methyl sites for hydroxylation is 1. The van der Waals surface area contributed by atoms with Gasteiger partial charge in [-0.15, -0.1) is 0 Å². The van der Waals surface area contributed by atoms with Crippen molar-refractivity contribution in [3.05, 3.63) is 23.3 Å². The number of esters is 1. The van der Waals surface area contributed by atoms with E-state index in [1.54, 1.807) is 38.9 Å². The predicted octanol–water partition coefficient (Wildman–Crippen LogP) is 2.41. The molecule has 0 aliphatic carbocycles. The SMILES string of the molecule is C[C@@H]1OC(=O)c2c(O)cc(N(C)C)cc2CCCC(=O)C(=O)C(=O)C(F)C[C@@H]1C. The number of anilines is 1. The largest absolute Gasteiger partial charge is 0.507 e. The van der Waals surface area contributed by atoms with Crippen molar-refractivity contribution in [2.75, 3.05) is 19.0 Å². The fraction of sp³-hybridized carbons (Fsp3) is 0.524. The van der Waals surface area contributed by atoms with E-state index in [1.165, 1.54) is 6.07 Å². The Bertz CT molecular complexity index is 835. The van der Waals surface area contributed by atoms with Gasteiger partial charge in [0, 0.05) is 32.3 Å². The van der Waals surface area contributed by atoms with Crippen LogP contribution in [-0.2, 0) is 25.5 Å². The molecule has 7 nitrogen and oxygen atoms in total. The molecule has 29 heavy (non-hydrogen) atoms. The third-order valence-electron chi connectivity index (χ3n) is 5.19. The van der Waals surface area contributed by atoms with Crippen molar-refractivity contribution in [2.24, 2.45) is 5.92 Å². The Kier molecular flexibility index (Phi) is 7.11. The lowest BCUT2D eigenvalue weighted by Crippen LogP contribution is -2.34. The van der Waals surface area contributed by atoms with Crippen LogP contribution in [0.5, 0.6) is 5.75 Å². The van der Waals surface area contributed by atoms with E-state index in [-0.39, 0.29) is 37.0 Å². The Morgan fingerprint density at radius 3 is 2.38 bits per heavy atom. The number of fused-ring (bicyclic) bond motifs is 1. The van der Waals surface area contributed by atoms with Gasteiger partial charge in [0.2, 0.25) is 11.6 Å². The van der Waals surface area contributed by atoms with Gasteiger partial charge in [0.15, 0.2) is 6.17 Å². The van der Waals surface area contributed by atoms with Gasteiger partial charge in [-0.25, -0.2) is 9.18 Å². The number of alkyl halides is 1. The van der Waals surface area contributed by atoms with Gasteiger partial charge >= 0.3 is 5.97 Å². The van der Waals surface area contributed by atoms with E-state index in [0.717, 1.165) is 0 Å². The summed E-state index contributed by atoms with van der Waals surface area (Å²) in [5.41, 5.74) is 1.10. The smallest absolute Gasteiger partial charge is 0.342 e. The van der Waals surface area contributed by atoms with Gasteiger partial charge in [-0.1, -0.05) is 6.92 Å². The maximum absolute atomic E-state index is 14.2. The van der Waals surface area contributed by atoms with Gasteiger partial charge in [0.1, 0.15) is 17.4 Å². The zero-order valence-corrected chi connectivity index (χ0v) is 17.0. The average molecular weight is 407 g/mol. The fourth-order valence-electron chi connectivity index (χ4n) is 3.16. The number of cyclic esters (lactones) is 1. The molecule has 8 heteroatoms. The molecule has 1 aromatic rings. The molecule has 0 radical (unpaired) electrons. The first kappa shape index (κ1) is 22.5. The maximum atomic E-state index is 14.2. The van der Waals surface area contributed by atoms with Crippen LogP contribution < -0.4 is 4.90 Å². The number of phenols is 1. The second-order valence-corrected chi connectivity index (χ2v) is 7.65. The van der Waals surface area contributed by atoms with Gasteiger partial charge in [-0.3, -0.25) is 14.4 Å². The highest BCUT2D eigenvalue weighted by Gasteiger charge is 2.33. The number of phenolic OH excluding ortho intramolecular Hbond substituents is 1. The van der Waals surface area contributed by atoms with Crippen LogP contribution in [0, 0.1) is 5.92 Å². The summed E-state index contributed by atoms with van der Waals surface area (Å²) in [6.45, 7) is 3.12. The van der Waals surface area contributed by atoms with Crippen LogP contribution in [-0.4, -0.2) is 54.8 Å². The van der Waals surface area contributed by atoms with Gasteiger partial charge in [0.05, 0.1) is 0 Å². The van der Waals surface area contributed by atoms with E-state index in [1.807, 2.05) is 0 Å². The molecule has 1 heterocycles. The molecule has 0 aromatic heterocycles. The molecule has 0 fully saturated rings. The van der Waals surface area contributed by atoms with Crippen molar-refractivity contribution < 1.29 is 33.4 Å². The molecular weight excluding hydrogens is 381 g/mol. The van der Waals surface area contributed by atoms with Crippen molar-refractivity contribution in [1.29, 1.82) is 0 Å². The van der Waals surface area contributed by atoms with Crippen LogP contribution in [0.4, 0.5) is 10.1 Å². The van der Waals surface area contributed by atoms with Crippen LogP contribution in [0.1, 0.15) is 49.0 Å². The quantitative estimate of drug-likeness (QED) is 0.563. The zero-order chi connectivity index (χ0) is 21.9. The Labute approximate surface area is 168 Å². The highest BCUT2D eigenvalue weighted by atomic mass is 19.1. The number of nitrogens with zero attached hydrogens (tertiary/aromatic N) is 1. The molecule has 158 valence electrons. The highest BCUT2D eigenvalue weighted by Crippen LogP contribution is 2.31. The normalized spacial score (nSPS) is 24.5. The second-order valence-electron chi connectivity index (χ2n) is 7.65. The summed E-state index contributed by atoms with van der Waals surface area (Å²) in [7, 11) is 3.54. The van der Waals surface area contributed by atoms with E-state index < -0.39 is 41.5 Å². The molecule has 1 aliphatic heterocycles. The minimum absolute atomic E-state index is 0.0154. The lowest BCUT2D eigenvalue weighted by atomic mass is 9.93. The number of hydrogen-bond acceptors (Lipinski definition) is 7. The Hall–Kier alpha value is -2.77. The average Bonchev–Trinajstić information content (AvgIpc) is 2.65. The Morgan fingerprint density at radius 1 is 1.10 bits per heavy atom.